The molecule has 4 amide bonds. The predicted molar refractivity (Wildman–Crippen MR) is 110 cm³/mol. The number of carbonyl (C=O) groups excluding carboxylic acids is 3. The number of fused-ring (bicyclic) bond motifs is 1. The molecule has 2 heterocycles. The third-order valence-corrected chi connectivity index (χ3v) is 4.88. The summed E-state index contributed by atoms with van der Waals surface area (Å²) < 4.78 is 5.96. The molecule has 158 valence electrons. The fourth-order valence-electron chi connectivity index (χ4n) is 3.61. The Hall–Kier alpha value is -2.77. The van der Waals surface area contributed by atoms with E-state index >= 15 is 0 Å². The molecular weight excluding hydrogens is 372 g/mol. The highest BCUT2D eigenvalue weighted by Gasteiger charge is 2.34. The maximum atomic E-state index is 12.9. The molecule has 1 fully saturated rings. The lowest BCUT2D eigenvalue weighted by atomic mass is 10.1. The van der Waals surface area contributed by atoms with Crippen LogP contribution in [0, 0.1) is 0 Å². The topological polar surface area (TPSA) is 91.0 Å². The summed E-state index contributed by atoms with van der Waals surface area (Å²) in [5.74, 6) is 0.0868. The number of nitrogens with zero attached hydrogens (tertiary/aromatic N) is 2. The van der Waals surface area contributed by atoms with Crippen LogP contribution >= 0.6 is 0 Å². The molecule has 0 bridgehead atoms. The van der Waals surface area contributed by atoms with Crippen molar-refractivity contribution >= 4 is 23.5 Å². The number of likely N-dealkylation sites (tertiary alicyclic amines) is 1. The summed E-state index contributed by atoms with van der Waals surface area (Å²) >= 11 is 0. The first-order valence-corrected chi connectivity index (χ1v) is 10.1. The second-order valence-electron chi connectivity index (χ2n) is 8.59. The van der Waals surface area contributed by atoms with Gasteiger partial charge in [0.15, 0.2) is 6.10 Å². The normalized spacial score (nSPS) is 19.1. The first-order valence-electron chi connectivity index (χ1n) is 10.1. The smallest absolute Gasteiger partial charge is 0.321 e. The lowest BCUT2D eigenvalue weighted by Gasteiger charge is -2.38. The van der Waals surface area contributed by atoms with Crippen LogP contribution in [0.4, 0.5) is 10.5 Å². The van der Waals surface area contributed by atoms with Crippen molar-refractivity contribution in [1.29, 1.82) is 0 Å². The summed E-state index contributed by atoms with van der Waals surface area (Å²) in [6, 6.07) is 6.79. The first-order chi connectivity index (χ1) is 13.7. The maximum absolute atomic E-state index is 12.9. The molecule has 0 unspecified atom stereocenters. The van der Waals surface area contributed by atoms with E-state index in [1.807, 2.05) is 43.9 Å². The number of amides is 4. The minimum atomic E-state index is -0.667. The quantitative estimate of drug-likeness (QED) is 0.806. The highest BCUT2D eigenvalue weighted by molar-refractivity contribution is 5.97. The van der Waals surface area contributed by atoms with Gasteiger partial charge < -0.3 is 19.9 Å². The van der Waals surface area contributed by atoms with E-state index in [0.29, 0.717) is 5.75 Å². The van der Waals surface area contributed by atoms with Gasteiger partial charge in [-0.05, 0) is 52.2 Å². The van der Waals surface area contributed by atoms with Gasteiger partial charge in [0.1, 0.15) is 5.75 Å². The van der Waals surface area contributed by atoms with Crippen LogP contribution in [0.1, 0.15) is 40.0 Å². The van der Waals surface area contributed by atoms with Gasteiger partial charge in [-0.2, -0.15) is 0 Å². The monoisotopic (exact) mass is 402 g/mol. The minimum absolute atomic E-state index is 0.0400. The van der Waals surface area contributed by atoms with Crippen LogP contribution in [0.3, 0.4) is 0 Å². The molecule has 0 spiro atoms. The van der Waals surface area contributed by atoms with Crippen molar-refractivity contribution in [3.63, 3.8) is 0 Å². The highest BCUT2D eigenvalue weighted by Crippen LogP contribution is 2.33. The van der Waals surface area contributed by atoms with Crippen molar-refractivity contribution < 1.29 is 19.1 Å². The summed E-state index contributed by atoms with van der Waals surface area (Å²) in [5.41, 5.74) is 0.295. The van der Waals surface area contributed by atoms with Crippen LogP contribution in [0.25, 0.3) is 0 Å². The number of hydrogen-bond donors (Lipinski definition) is 2. The standard InChI is InChI=1S/C21H30N4O4/c1-21(2,3)23-20(28)22-18(26)14-25-13-17(19(27)24-11-7-4-8-12-24)29-16-10-6-5-9-15(16)25/h5-6,9-10,17H,4,7-8,11-14H2,1-3H3,(H2,22,23,26,28)/t17-/m1/s1. The number of rotatable bonds is 3. The number of benzene rings is 1. The van der Waals surface area contributed by atoms with Gasteiger partial charge in [0.05, 0.1) is 18.8 Å². The molecule has 1 saturated heterocycles. The Labute approximate surface area is 171 Å². The SMILES string of the molecule is CC(C)(C)NC(=O)NC(=O)CN1C[C@H](C(=O)N2CCCCC2)Oc2ccccc21. The number of urea groups is 1. The van der Waals surface area contributed by atoms with Crippen LogP contribution in [0.5, 0.6) is 5.75 Å². The second kappa shape index (κ2) is 8.71. The number of ether oxygens (including phenoxy) is 1. The number of carbonyl (C=O) groups is 3. The van der Waals surface area contributed by atoms with E-state index in [-0.39, 0.29) is 19.0 Å². The number of para-hydroxylation sites is 2. The molecule has 29 heavy (non-hydrogen) atoms. The molecule has 1 aromatic rings. The van der Waals surface area contributed by atoms with E-state index in [9.17, 15) is 14.4 Å². The summed E-state index contributed by atoms with van der Waals surface area (Å²) in [6.07, 6.45) is 2.48. The number of piperidine rings is 1. The average molecular weight is 402 g/mol. The van der Waals surface area contributed by atoms with Crippen LogP contribution < -0.4 is 20.3 Å². The lowest BCUT2D eigenvalue weighted by Crippen LogP contribution is -2.54. The predicted octanol–water partition coefficient (Wildman–Crippen LogP) is 1.89. The van der Waals surface area contributed by atoms with Crippen LogP contribution in [-0.2, 0) is 9.59 Å². The highest BCUT2D eigenvalue weighted by atomic mass is 16.5. The maximum Gasteiger partial charge on any atom is 0.321 e. The molecule has 2 N–H and O–H groups in total. The van der Waals surface area contributed by atoms with Gasteiger partial charge in [0.2, 0.25) is 5.91 Å². The van der Waals surface area contributed by atoms with Gasteiger partial charge in [-0.1, -0.05) is 12.1 Å². The van der Waals surface area contributed by atoms with Gasteiger partial charge in [0.25, 0.3) is 5.91 Å². The van der Waals surface area contributed by atoms with Crippen molar-refractivity contribution in [3.05, 3.63) is 24.3 Å². The zero-order valence-corrected chi connectivity index (χ0v) is 17.4. The molecule has 1 atom stereocenters. The Morgan fingerprint density at radius 1 is 1.10 bits per heavy atom. The Morgan fingerprint density at radius 3 is 2.48 bits per heavy atom. The Bertz CT molecular complexity index is 768. The van der Waals surface area contributed by atoms with Gasteiger partial charge in [-0.25, -0.2) is 4.79 Å². The fraction of sp³-hybridized carbons (Fsp3) is 0.571. The zero-order valence-electron chi connectivity index (χ0n) is 17.4. The molecule has 0 radical (unpaired) electrons. The number of nitrogens with one attached hydrogen (secondary N) is 2. The van der Waals surface area contributed by atoms with Crippen molar-refractivity contribution in [1.82, 2.24) is 15.5 Å². The van der Waals surface area contributed by atoms with Crippen molar-refractivity contribution in [2.45, 2.75) is 51.7 Å². The van der Waals surface area contributed by atoms with Crippen molar-refractivity contribution in [2.24, 2.45) is 0 Å². The van der Waals surface area contributed by atoms with Crippen LogP contribution in [-0.4, -0.2) is 60.6 Å². The molecule has 0 aromatic heterocycles. The van der Waals surface area contributed by atoms with Crippen molar-refractivity contribution in [3.8, 4) is 5.75 Å². The van der Waals surface area contributed by atoms with E-state index in [0.717, 1.165) is 38.0 Å². The second-order valence-corrected chi connectivity index (χ2v) is 8.59. The summed E-state index contributed by atoms with van der Waals surface area (Å²) in [5, 5.41) is 5.06. The molecule has 8 heteroatoms. The number of imide groups is 1. The Morgan fingerprint density at radius 2 is 1.79 bits per heavy atom. The molecule has 1 aromatic carbocycles. The lowest BCUT2D eigenvalue weighted by molar-refractivity contribution is -0.139. The van der Waals surface area contributed by atoms with E-state index in [2.05, 4.69) is 10.6 Å². The Kier molecular flexibility index (Phi) is 6.30. The zero-order chi connectivity index (χ0) is 21.0. The molecular formula is C21H30N4O4. The average Bonchev–Trinajstić information content (AvgIpc) is 2.66. The Balaban J connectivity index is 1.69. The van der Waals surface area contributed by atoms with Gasteiger partial charge in [-0.15, -0.1) is 0 Å². The van der Waals surface area contributed by atoms with E-state index in [1.54, 1.807) is 11.0 Å². The van der Waals surface area contributed by atoms with E-state index in [4.69, 9.17) is 4.74 Å². The van der Waals surface area contributed by atoms with Crippen LogP contribution in [0.2, 0.25) is 0 Å². The third kappa shape index (κ3) is 5.62. The molecule has 0 saturated carbocycles. The van der Waals surface area contributed by atoms with Crippen LogP contribution in [0.15, 0.2) is 24.3 Å². The first kappa shape index (κ1) is 21.0. The molecule has 8 nitrogen and oxygen atoms in total. The van der Waals surface area contributed by atoms with Gasteiger partial charge in [-0.3, -0.25) is 14.9 Å². The number of hydrogen-bond acceptors (Lipinski definition) is 5. The summed E-state index contributed by atoms with van der Waals surface area (Å²) in [6.45, 7) is 7.23. The third-order valence-electron chi connectivity index (χ3n) is 4.88. The molecule has 3 rings (SSSR count). The summed E-state index contributed by atoms with van der Waals surface area (Å²) in [7, 11) is 0. The molecule has 2 aliphatic heterocycles. The largest absolute Gasteiger partial charge is 0.477 e. The van der Waals surface area contributed by atoms with E-state index in [1.165, 1.54) is 0 Å². The van der Waals surface area contributed by atoms with Crippen molar-refractivity contribution in [2.75, 3.05) is 31.1 Å². The molecule has 0 aliphatic carbocycles. The number of anilines is 1. The fourth-order valence-corrected chi connectivity index (χ4v) is 3.61. The minimum Gasteiger partial charge on any atom is -0.477 e. The van der Waals surface area contributed by atoms with E-state index < -0.39 is 23.6 Å². The van der Waals surface area contributed by atoms with Gasteiger partial charge in [0, 0.05) is 18.6 Å². The summed E-state index contributed by atoms with van der Waals surface area (Å²) in [4.78, 5) is 41.0. The molecule has 2 aliphatic rings. The van der Waals surface area contributed by atoms with Gasteiger partial charge >= 0.3 is 6.03 Å².